The molecule has 0 unspecified atom stereocenters. The van der Waals surface area contributed by atoms with Gasteiger partial charge in [-0.25, -0.2) is 0 Å². The molecule has 0 bridgehead atoms. The van der Waals surface area contributed by atoms with Crippen molar-refractivity contribution in [1.82, 2.24) is 5.32 Å². The van der Waals surface area contributed by atoms with Crippen molar-refractivity contribution in [3.8, 4) is 5.75 Å². The van der Waals surface area contributed by atoms with Crippen molar-refractivity contribution in [2.45, 2.75) is 12.8 Å². The number of halogens is 4. The van der Waals surface area contributed by atoms with Crippen LogP contribution in [0.5, 0.6) is 5.75 Å². The zero-order valence-electron chi connectivity index (χ0n) is 13.3. The third kappa shape index (κ3) is 6.29. The van der Waals surface area contributed by atoms with Gasteiger partial charge in [0.2, 0.25) is 5.91 Å². The normalized spacial score (nSPS) is 10.9. The number of ether oxygens (including phenoxy) is 1. The van der Waals surface area contributed by atoms with Gasteiger partial charge in [0.15, 0.2) is 0 Å². The first-order chi connectivity index (χ1) is 12.2. The summed E-state index contributed by atoms with van der Waals surface area (Å²) in [5, 5.41) is 5.37. The zero-order chi connectivity index (χ0) is 19.2. The van der Waals surface area contributed by atoms with Crippen molar-refractivity contribution < 1.29 is 27.5 Å². The molecule has 0 aromatic heterocycles. The Morgan fingerprint density at radius 3 is 2.31 bits per heavy atom. The molecule has 9 heteroatoms. The van der Waals surface area contributed by atoms with Crippen LogP contribution in [-0.2, 0) is 4.79 Å². The van der Waals surface area contributed by atoms with Crippen LogP contribution in [0.1, 0.15) is 16.8 Å². The average molecular weight is 387 g/mol. The smallest absolute Gasteiger partial charge is 0.406 e. The molecule has 2 amide bonds. The van der Waals surface area contributed by atoms with E-state index in [1.165, 1.54) is 12.1 Å². The molecule has 0 radical (unpaired) electrons. The third-order valence-corrected chi connectivity index (χ3v) is 3.46. The van der Waals surface area contributed by atoms with Gasteiger partial charge in [-0.15, -0.1) is 13.2 Å². The molecule has 2 N–H and O–H groups in total. The molecule has 0 saturated carbocycles. The van der Waals surface area contributed by atoms with Crippen LogP contribution in [0.25, 0.3) is 0 Å². The number of hydrogen-bond acceptors (Lipinski definition) is 3. The van der Waals surface area contributed by atoms with Crippen LogP contribution < -0.4 is 15.4 Å². The first kappa shape index (κ1) is 19.6. The Kier molecular flexibility index (Phi) is 6.46. The highest BCUT2D eigenvalue weighted by Gasteiger charge is 2.30. The number of anilines is 1. The fraction of sp³-hybridized carbons (Fsp3) is 0.176. The van der Waals surface area contributed by atoms with E-state index in [0.29, 0.717) is 16.3 Å². The quantitative estimate of drug-likeness (QED) is 0.788. The van der Waals surface area contributed by atoms with Gasteiger partial charge < -0.3 is 15.4 Å². The van der Waals surface area contributed by atoms with Gasteiger partial charge in [-0.05, 0) is 36.4 Å². The molecule has 0 aliphatic carbocycles. The Bertz CT molecular complexity index is 780. The van der Waals surface area contributed by atoms with E-state index in [2.05, 4.69) is 15.4 Å². The second-order valence-corrected chi connectivity index (χ2v) is 5.51. The first-order valence-corrected chi connectivity index (χ1v) is 7.81. The van der Waals surface area contributed by atoms with Crippen molar-refractivity contribution in [3.63, 3.8) is 0 Å². The van der Waals surface area contributed by atoms with Crippen LogP contribution in [-0.4, -0.2) is 24.7 Å². The fourth-order valence-electron chi connectivity index (χ4n) is 1.99. The highest BCUT2D eigenvalue weighted by Crippen LogP contribution is 2.24. The number of hydrogen-bond donors (Lipinski definition) is 2. The minimum absolute atomic E-state index is 0.0169. The van der Waals surface area contributed by atoms with E-state index in [1.807, 2.05) is 0 Å². The fourth-order valence-corrected chi connectivity index (χ4v) is 2.22. The lowest BCUT2D eigenvalue weighted by Crippen LogP contribution is -2.27. The third-order valence-electron chi connectivity index (χ3n) is 3.13. The standard InChI is InChI=1S/C17H14ClF3N2O3/c18-14-4-2-1-3-13(14)16(25)22-10-9-15(24)23-11-5-7-12(8-6-11)26-17(19,20)21/h1-8H,9-10H2,(H,22,25)(H,23,24). The SMILES string of the molecule is O=C(CCNC(=O)c1ccccc1Cl)Nc1ccc(OC(F)(F)F)cc1. The van der Waals surface area contributed by atoms with Crippen molar-refractivity contribution in [2.75, 3.05) is 11.9 Å². The van der Waals surface area contributed by atoms with Crippen LogP contribution in [0.3, 0.4) is 0 Å². The van der Waals surface area contributed by atoms with Gasteiger partial charge in [0.25, 0.3) is 5.91 Å². The van der Waals surface area contributed by atoms with E-state index in [1.54, 1.807) is 24.3 Å². The molecule has 2 aromatic rings. The van der Waals surface area contributed by atoms with Gasteiger partial charge >= 0.3 is 6.36 Å². The Morgan fingerprint density at radius 2 is 1.69 bits per heavy atom. The van der Waals surface area contributed by atoms with Gasteiger partial charge in [0.1, 0.15) is 5.75 Å². The number of carbonyl (C=O) groups is 2. The molecule has 138 valence electrons. The minimum atomic E-state index is -4.77. The summed E-state index contributed by atoms with van der Waals surface area (Å²) < 4.78 is 39.9. The van der Waals surface area contributed by atoms with Gasteiger partial charge in [-0.1, -0.05) is 23.7 Å². The van der Waals surface area contributed by atoms with Gasteiger partial charge in [0.05, 0.1) is 10.6 Å². The highest BCUT2D eigenvalue weighted by atomic mass is 35.5. The second kappa shape index (κ2) is 8.57. The van der Waals surface area contributed by atoms with E-state index in [4.69, 9.17) is 11.6 Å². The lowest BCUT2D eigenvalue weighted by molar-refractivity contribution is -0.274. The molecule has 5 nitrogen and oxygen atoms in total. The van der Waals surface area contributed by atoms with Gasteiger partial charge in [-0.2, -0.15) is 0 Å². The molecular weight excluding hydrogens is 373 g/mol. The summed E-state index contributed by atoms with van der Waals surface area (Å²) >= 11 is 5.90. The van der Waals surface area contributed by atoms with Crippen LogP contribution >= 0.6 is 11.6 Å². The molecule has 0 aliphatic rings. The lowest BCUT2D eigenvalue weighted by Gasteiger charge is -2.10. The van der Waals surface area contributed by atoms with E-state index in [9.17, 15) is 22.8 Å². The molecule has 0 heterocycles. The summed E-state index contributed by atoms with van der Waals surface area (Å²) in [4.78, 5) is 23.7. The molecule has 2 rings (SSSR count). The number of carbonyl (C=O) groups excluding carboxylic acids is 2. The summed E-state index contributed by atoms with van der Waals surface area (Å²) in [7, 11) is 0. The highest BCUT2D eigenvalue weighted by molar-refractivity contribution is 6.33. The van der Waals surface area contributed by atoms with Gasteiger partial charge in [-0.3, -0.25) is 9.59 Å². The maximum Gasteiger partial charge on any atom is 0.573 e. The topological polar surface area (TPSA) is 67.4 Å². The molecule has 0 fully saturated rings. The summed E-state index contributed by atoms with van der Waals surface area (Å²) in [6, 6.07) is 11.2. The summed E-state index contributed by atoms with van der Waals surface area (Å²) in [6.07, 6.45) is -4.79. The minimum Gasteiger partial charge on any atom is -0.406 e. The Morgan fingerprint density at radius 1 is 1.04 bits per heavy atom. The van der Waals surface area contributed by atoms with Crippen molar-refractivity contribution >= 4 is 29.1 Å². The summed E-state index contributed by atoms with van der Waals surface area (Å²) in [5.41, 5.74) is 0.608. The van der Waals surface area contributed by atoms with E-state index in [-0.39, 0.29) is 18.7 Å². The maximum absolute atomic E-state index is 12.1. The average Bonchev–Trinajstić information content (AvgIpc) is 2.55. The summed E-state index contributed by atoms with van der Waals surface area (Å²) in [6.45, 7) is 0.0746. The number of alkyl halides is 3. The first-order valence-electron chi connectivity index (χ1n) is 7.43. The number of rotatable bonds is 6. The summed E-state index contributed by atoms with van der Waals surface area (Å²) in [5.74, 6) is -1.20. The lowest BCUT2D eigenvalue weighted by atomic mass is 10.2. The van der Waals surface area contributed by atoms with E-state index in [0.717, 1.165) is 12.1 Å². The van der Waals surface area contributed by atoms with Crippen LogP contribution in [0.4, 0.5) is 18.9 Å². The van der Waals surface area contributed by atoms with Crippen molar-refractivity contribution in [1.29, 1.82) is 0 Å². The Balaban J connectivity index is 1.78. The van der Waals surface area contributed by atoms with Gasteiger partial charge in [0, 0.05) is 18.7 Å². The van der Waals surface area contributed by atoms with Crippen molar-refractivity contribution in [2.24, 2.45) is 0 Å². The van der Waals surface area contributed by atoms with E-state index >= 15 is 0 Å². The predicted molar refractivity (Wildman–Crippen MR) is 90.2 cm³/mol. The van der Waals surface area contributed by atoms with Crippen molar-refractivity contribution in [3.05, 3.63) is 59.1 Å². The molecule has 2 aromatic carbocycles. The number of benzene rings is 2. The zero-order valence-corrected chi connectivity index (χ0v) is 14.0. The second-order valence-electron chi connectivity index (χ2n) is 5.11. The largest absolute Gasteiger partial charge is 0.573 e. The number of nitrogens with one attached hydrogen (secondary N) is 2. The van der Waals surface area contributed by atoms with Crippen LogP contribution in [0.15, 0.2) is 48.5 Å². The Hall–Kier alpha value is -2.74. The molecular formula is C17H14ClF3N2O3. The molecule has 0 saturated heterocycles. The molecule has 0 atom stereocenters. The van der Waals surface area contributed by atoms with Crippen LogP contribution in [0, 0.1) is 0 Å². The molecule has 26 heavy (non-hydrogen) atoms. The number of amides is 2. The Labute approximate surface area is 152 Å². The molecule has 0 spiro atoms. The predicted octanol–water partition coefficient (Wildman–Crippen LogP) is 4.00. The molecule has 0 aliphatic heterocycles. The monoisotopic (exact) mass is 386 g/mol. The van der Waals surface area contributed by atoms with Crippen LogP contribution in [0.2, 0.25) is 5.02 Å². The van der Waals surface area contributed by atoms with E-state index < -0.39 is 18.2 Å². The maximum atomic E-state index is 12.1.